The maximum absolute atomic E-state index is 12.2. The largest absolute Gasteiger partial charge is 0.349 e. The Bertz CT molecular complexity index is 624. The lowest BCUT2D eigenvalue weighted by Crippen LogP contribution is -2.36. The van der Waals surface area contributed by atoms with Crippen molar-refractivity contribution in [2.24, 2.45) is 5.92 Å². The normalized spacial score (nSPS) is 13.1. The molecule has 0 spiro atoms. The number of amides is 1. The number of carbonyl (C=O) groups is 1. The van der Waals surface area contributed by atoms with Crippen LogP contribution in [0.2, 0.25) is 0 Å². The molecule has 0 radical (unpaired) electrons. The van der Waals surface area contributed by atoms with Gasteiger partial charge in [0.25, 0.3) is 5.91 Å². The van der Waals surface area contributed by atoms with Crippen LogP contribution >= 0.6 is 0 Å². The van der Waals surface area contributed by atoms with Gasteiger partial charge in [-0.15, -0.1) is 0 Å². The van der Waals surface area contributed by atoms with Crippen molar-refractivity contribution in [3.05, 3.63) is 29.3 Å². The number of hydrogen-bond donors (Lipinski definition) is 1. The SMILES string of the molecule is Cc1ccc(C(=O)N[C@@H](C)C(C)C)cc1N(C)S(C)(=O)=O. The van der Waals surface area contributed by atoms with E-state index in [0.717, 1.165) is 11.8 Å². The second-order valence-electron chi connectivity index (χ2n) is 5.74. The molecule has 0 aliphatic carbocycles. The van der Waals surface area contributed by atoms with Crippen LogP contribution in [0.5, 0.6) is 0 Å². The van der Waals surface area contributed by atoms with Gasteiger partial charge in [0.05, 0.1) is 11.9 Å². The minimum atomic E-state index is -3.36. The van der Waals surface area contributed by atoms with Gasteiger partial charge >= 0.3 is 0 Å². The van der Waals surface area contributed by atoms with Crippen LogP contribution in [-0.2, 0) is 10.0 Å². The molecule has 118 valence electrons. The molecule has 0 saturated carbocycles. The van der Waals surface area contributed by atoms with E-state index in [1.165, 1.54) is 11.4 Å². The molecule has 0 fully saturated rings. The Morgan fingerprint density at radius 3 is 2.29 bits per heavy atom. The molecule has 0 bridgehead atoms. The molecule has 0 unspecified atom stereocenters. The van der Waals surface area contributed by atoms with Crippen LogP contribution < -0.4 is 9.62 Å². The van der Waals surface area contributed by atoms with Gasteiger partial charge in [0.2, 0.25) is 10.0 Å². The first-order chi connectivity index (χ1) is 9.54. The second kappa shape index (κ2) is 6.47. The van der Waals surface area contributed by atoms with E-state index in [4.69, 9.17) is 0 Å². The molecule has 6 heteroatoms. The number of nitrogens with one attached hydrogen (secondary N) is 1. The van der Waals surface area contributed by atoms with Gasteiger partial charge in [-0.05, 0) is 37.5 Å². The van der Waals surface area contributed by atoms with Crippen molar-refractivity contribution in [3.8, 4) is 0 Å². The number of rotatable bonds is 5. The van der Waals surface area contributed by atoms with Crippen LogP contribution in [-0.4, -0.2) is 33.7 Å². The zero-order valence-electron chi connectivity index (χ0n) is 13.5. The van der Waals surface area contributed by atoms with Crippen molar-refractivity contribution in [3.63, 3.8) is 0 Å². The molecule has 0 aromatic heterocycles. The summed E-state index contributed by atoms with van der Waals surface area (Å²) in [6.07, 6.45) is 1.14. The molecular weight excluding hydrogens is 288 g/mol. The van der Waals surface area contributed by atoms with Crippen LogP contribution in [0.1, 0.15) is 36.7 Å². The monoisotopic (exact) mass is 312 g/mol. The fourth-order valence-electron chi connectivity index (χ4n) is 1.73. The predicted octanol–water partition coefficient (Wildman–Crippen LogP) is 2.17. The van der Waals surface area contributed by atoms with Crippen LogP contribution in [0.15, 0.2) is 18.2 Å². The number of benzene rings is 1. The average Bonchev–Trinajstić information content (AvgIpc) is 2.37. The lowest BCUT2D eigenvalue weighted by molar-refractivity contribution is 0.0930. The van der Waals surface area contributed by atoms with Crippen LogP contribution in [0.3, 0.4) is 0 Å². The maximum Gasteiger partial charge on any atom is 0.251 e. The first-order valence-electron chi connectivity index (χ1n) is 6.89. The summed E-state index contributed by atoms with van der Waals surface area (Å²) in [6.45, 7) is 7.82. The third-order valence-electron chi connectivity index (χ3n) is 3.67. The van der Waals surface area contributed by atoms with E-state index < -0.39 is 10.0 Å². The number of nitrogens with zero attached hydrogens (tertiary/aromatic N) is 1. The topological polar surface area (TPSA) is 66.5 Å². The summed E-state index contributed by atoms with van der Waals surface area (Å²) in [5.74, 6) is 0.136. The fourth-order valence-corrected chi connectivity index (χ4v) is 2.28. The van der Waals surface area contributed by atoms with Crippen molar-refractivity contribution >= 4 is 21.6 Å². The van der Waals surface area contributed by atoms with Crippen molar-refractivity contribution in [2.75, 3.05) is 17.6 Å². The molecule has 5 nitrogen and oxygen atoms in total. The first kappa shape index (κ1) is 17.5. The Balaban J connectivity index is 3.10. The molecule has 1 rings (SSSR count). The van der Waals surface area contributed by atoms with Crippen LogP contribution in [0, 0.1) is 12.8 Å². The van der Waals surface area contributed by atoms with E-state index in [1.54, 1.807) is 18.2 Å². The van der Waals surface area contributed by atoms with E-state index >= 15 is 0 Å². The number of sulfonamides is 1. The molecule has 1 amide bonds. The molecule has 1 N–H and O–H groups in total. The van der Waals surface area contributed by atoms with Gasteiger partial charge in [-0.25, -0.2) is 8.42 Å². The molecule has 21 heavy (non-hydrogen) atoms. The van der Waals surface area contributed by atoms with E-state index in [0.29, 0.717) is 17.2 Å². The number of anilines is 1. The van der Waals surface area contributed by atoms with Gasteiger partial charge in [0.1, 0.15) is 0 Å². The van der Waals surface area contributed by atoms with Gasteiger partial charge in [-0.3, -0.25) is 9.10 Å². The molecular formula is C15H24N2O3S. The predicted molar refractivity (Wildman–Crippen MR) is 86.2 cm³/mol. The highest BCUT2D eigenvalue weighted by atomic mass is 32.2. The van der Waals surface area contributed by atoms with Gasteiger partial charge in [0.15, 0.2) is 0 Å². The van der Waals surface area contributed by atoms with E-state index in [2.05, 4.69) is 5.32 Å². The lowest BCUT2D eigenvalue weighted by Gasteiger charge is -2.21. The summed E-state index contributed by atoms with van der Waals surface area (Å²) in [7, 11) is -1.87. The average molecular weight is 312 g/mol. The second-order valence-corrected chi connectivity index (χ2v) is 7.75. The minimum Gasteiger partial charge on any atom is -0.349 e. The zero-order valence-corrected chi connectivity index (χ0v) is 14.3. The van der Waals surface area contributed by atoms with E-state index in [-0.39, 0.29) is 11.9 Å². The summed E-state index contributed by atoms with van der Waals surface area (Å²) in [6, 6.07) is 5.12. The Morgan fingerprint density at radius 1 is 1.24 bits per heavy atom. The third-order valence-corrected chi connectivity index (χ3v) is 4.86. The minimum absolute atomic E-state index is 0.0508. The molecule has 0 saturated heterocycles. The molecule has 0 aliphatic rings. The standard InChI is InChI=1S/C15H24N2O3S/c1-10(2)12(4)16-15(18)13-8-7-11(3)14(9-13)17(5)21(6,19)20/h7-10,12H,1-6H3,(H,16,18)/t12-/m0/s1. The van der Waals surface area contributed by atoms with Gasteiger partial charge in [0, 0.05) is 18.7 Å². The highest BCUT2D eigenvalue weighted by Crippen LogP contribution is 2.22. The molecule has 1 aromatic rings. The van der Waals surface area contributed by atoms with E-state index in [9.17, 15) is 13.2 Å². The van der Waals surface area contributed by atoms with Gasteiger partial charge < -0.3 is 5.32 Å². The van der Waals surface area contributed by atoms with Crippen LogP contribution in [0.4, 0.5) is 5.69 Å². The molecule has 0 aliphatic heterocycles. The highest BCUT2D eigenvalue weighted by Gasteiger charge is 2.18. The summed E-state index contributed by atoms with van der Waals surface area (Å²) in [4.78, 5) is 12.2. The quantitative estimate of drug-likeness (QED) is 0.906. The molecule has 0 heterocycles. The first-order valence-corrected chi connectivity index (χ1v) is 8.74. The van der Waals surface area contributed by atoms with Crippen molar-refractivity contribution in [2.45, 2.75) is 33.7 Å². The number of aryl methyl sites for hydroxylation is 1. The van der Waals surface area contributed by atoms with E-state index in [1.807, 2.05) is 27.7 Å². The smallest absolute Gasteiger partial charge is 0.251 e. The Kier molecular flexibility index (Phi) is 5.39. The third kappa shape index (κ3) is 4.46. The number of hydrogen-bond acceptors (Lipinski definition) is 3. The van der Waals surface area contributed by atoms with Crippen molar-refractivity contribution < 1.29 is 13.2 Å². The summed E-state index contributed by atoms with van der Waals surface area (Å²) in [5, 5.41) is 2.91. The van der Waals surface area contributed by atoms with Gasteiger partial charge in [-0.1, -0.05) is 19.9 Å². The van der Waals surface area contributed by atoms with Gasteiger partial charge in [-0.2, -0.15) is 0 Å². The Labute approximate surface area is 127 Å². The fraction of sp³-hybridized carbons (Fsp3) is 0.533. The highest BCUT2D eigenvalue weighted by molar-refractivity contribution is 7.92. The van der Waals surface area contributed by atoms with Crippen molar-refractivity contribution in [1.29, 1.82) is 0 Å². The Morgan fingerprint density at radius 2 is 1.81 bits per heavy atom. The summed E-state index contributed by atoms with van der Waals surface area (Å²) in [5.41, 5.74) is 1.78. The zero-order chi connectivity index (χ0) is 16.4. The summed E-state index contributed by atoms with van der Waals surface area (Å²) < 4.78 is 24.5. The Hall–Kier alpha value is -1.56. The summed E-state index contributed by atoms with van der Waals surface area (Å²) >= 11 is 0. The van der Waals surface area contributed by atoms with Crippen molar-refractivity contribution in [1.82, 2.24) is 5.32 Å². The maximum atomic E-state index is 12.2. The number of carbonyl (C=O) groups excluding carboxylic acids is 1. The molecule has 1 atom stereocenters. The molecule has 1 aromatic carbocycles. The lowest BCUT2D eigenvalue weighted by atomic mass is 10.1. The van der Waals surface area contributed by atoms with Crippen LogP contribution in [0.25, 0.3) is 0 Å².